The van der Waals surface area contributed by atoms with Gasteiger partial charge in [0.15, 0.2) is 6.29 Å². The van der Waals surface area contributed by atoms with E-state index in [2.05, 4.69) is 19.2 Å². The lowest BCUT2D eigenvalue weighted by molar-refractivity contribution is -0.302. The van der Waals surface area contributed by atoms with E-state index in [1.807, 2.05) is 6.08 Å². The number of hydrogen-bond acceptors (Lipinski definition) is 10. The second kappa shape index (κ2) is 68.8. The predicted molar refractivity (Wildman–Crippen MR) is 380 cm³/mol. The lowest BCUT2D eigenvalue weighted by Crippen LogP contribution is -2.60. The first kappa shape index (κ1) is 86.4. The van der Waals surface area contributed by atoms with Crippen LogP contribution in [-0.4, -0.2) is 100 Å². The lowest BCUT2D eigenvalue weighted by atomic mass is 9.99. The van der Waals surface area contributed by atoms with Gasteiger partial charge in [-0.1, -0.05) is 386 Å². The van der Waals surface area contributed by atoms with E-state index >= 15 is 0 Å². The molecule has 0 aromatic carbocycles. The molecule has 0 aromatic heterocycles. The van der Waals surface area contributed by atoms with Crippen molar-refractivity contribution in [1.29, 1.82) is 0 Å². The van der Waals surface area contributed by atoms with Crippen LogP contribution in [0.5, 0.6) is 0 Å². The zero-order valence-corrected chi connectivity index (χ0v) is 59.6. The third kappa shape index (κ3) is 56.7. The molecule has 0 spiro atoms. The summed E-state index contributed by atoms with van der Waals surface area (Å²) in [5.74, 6) is -0.154. The number of nitrogens with one attached hydrogen (secondary N) is 1. The minimum Gasteiger partial charge on any atom is -0.466 e. The summed E-state index contributed by atoms with van der Waals surface area (Å²) in [6.07, 6.45) is 76.9. The molecule has 1 aliphatic rings. The fourth-order valence-electron chi connectivity index (χ4n) is 13.1. The molecule has 534 valence electrons. The summed E-state index contributed by atoms with van der Waals surface area (Å²) in [6, 6.07) is -0.804. The van der Waals surface area contributed by atoms with Crippen LogP contribution in [0.25, 0.3) is 0 Å². The second-order valence-electron chi connectivity index (χ2n) is 28.1. The highest BCUT2D eigenvalue weighted by atomic mass is 16.7. The standard InChI is InChI=1S/C79H153NO10/c1-3-5-7-9-11-13-15-16-40-44-47-51-55-59-63-67-75(84)88-68-64-60-56-52-48-45-42-39-37-35-33-31-29-27-25-23-21-19-17-18-20-22-24-26-28-30-32-34-36-38-41-43-46-50-54-58-62-66-74(83)80-71(70-89-79-78(87)77(86)76(85)73(69-81)90-79)72(82)65-61-57-53-49-14-12-10-8-6-4-2/h61,65,71-73,76-79,81-82,85-87H,3-60,62-64,66-70H2,1-2H3,(H,80,83)/b65-61+. The number of aliphatic hydroxyl groups is 5. The molecule has 1 fully saturated rings. The van der Waals surface area contributed by atoms with Gasteiger partial charge in [-0.15, -0.1) is 0 Å². The smallest absolute Gasteiger partial charge is 0.305 e. The van der Waals surface area contributed by atoms with Crippen molar-refractivity contribution in [3.05, 3.63) is 12.2 Å². The van der Waals surface area contributed by atoms with E-state index in [0.717, 1.165) is 51.4 Å². The van der Waals surface area contributed by atoms with Crippen LogP contribution in [-0.2, 0) is 23.8 Å². The van der Waals surface area contributed by atoms with E-state index in [1.165, 1.54) is 340 Å². The normalized spacial score (nSPS) is 17.6. The Balaban J connectivity index is 1.84. The van der Waals surface area contributed by atoms with Crippen LogP contribution in [0.1, 0.15) is 418 Å². The van der Waals surface area contributed by atoms with Crippen molar-refractivity contribution in [1.82, 2.24) is 5.32 Å². The Morgan fingerprint density at radius 2 is 0.700 bits per heavy atom. The van der Waals surface area contributed by atoms with Gasteiger partial charge in [-0.3, -0.25) is 9.59 Å². The number of amides is 1. The van der Waals surface area contributed by atoms with E-state index in [9.17, 15) is 35.1 Å². The van der Waals surface area contributed by atoms with Gasteiger partial charge in [0.2, 0.25) is 5.91 Å². The third-order valence-electron chi connectivity index (χ3n) is 19.4. The zero-order valence-electron chi connectivity index (χ0n) is 59.6. The second-order valence-corrected chi connectivity index (χ2v) is 28.1. The van der Waals surface area contributed by atoms with Crippen molar-refractivity contribution < 1.29 is 49.3 Å². The maximum Gasteiger partial charge on any atom is 0.305 e. The van der Waals surface area contributed by atoms with Crippen molar-refractivity contribution in [2.24, 2.45) is 0 Å². The summed E-state index contributed by atoms with van der Waals surface area (Å²) in [6.45, 7) is 4.39. The number of esters is 1. The Bertz CT molecular complexity index is 1500. The van der Waals surface area contributed by atoms with Crippen molar-refractivity contribution >= 4 is 11.9 Å². The van der Waals surface area contributed by atoms with Gasteiger partial charge >= 0.3 is 5.97 Å². The molecular formula is C79H153NO10. The van der Waals surface area contributed by atoms with E-state index in [-0.39, 0.29) is 18.5 Å². The molecular weight excluding hydrogens is 1120 g/mol. The van der Waals surface area contributed by atoms with Crippen LogP contribution in [0.15, 0.2) is 12.2 Å². The van der Waals surface area contributed by atoms with Gasteiger partial charge in [-0.25, -0.2) is 0 Å². The Hall–Kier alpha value is -1.60. The molecule has 7 unspecified atom stereocenters. The van der Waals surface area contributed by atoms with E-state index in [4.69, 9.17) is 14.2 Å². The Morgan fingerprint density at radius 1 is 0.400 bits per heavy atom. The number of allylic oxidation sites excluding steroid dienone is 1. The van der Waals surface area contributed by atoms with Gasteiger partial charge in [0.1, 0.15) is 24.4 Å². The quantitative estimate of drug-likeness (QED) is 0.0195. The molecule has 1 saturated heterocycles. The molecule has 1 aliphatic heterocycles. The van der Waals surface area contributed by atoms with Gasteiger partial charge in [-0.2, -0.15) is 0 Å². The number of aliphatic hydroxyl groups excluding tert-OH is 5. The molecule has 11 nitrogen and oxygen atoms in total. The average Bonchev–Trinajstić information content (AvgIpc) is 3.56. The molecule has 0 aromatic rings. The predicted octanol–water partition coefficient (Wildman–Crippen LogP) is 21.4. The van der Waals surface area contributed by atoms with Gasteiger partial charge in [0.05, 0.1) is 32.0 Å². The Labute approximate surface area is 557 Å². The monoisotopic (exact) mass is 1280 g/mol. The zero-order chi connectivity index (χ0) is 65.1. The summed E-state index contributed by atoms with van der Waals surface area (Å²) in [5.41, 5.74) is 0. The SMILES string of the molecule is CCCCCCCCCC/C=C/C(O)C(COC1OC(CO)C(O)C(O)C1O)NC(=O)CCCCCCCCCCCCCCCCCCCCCCCCCCCCCCCCCCCCCCCOC(=O)CCCCCCCCCCCCCCCCC. The highest BCUT2D eigenvalue weighted by molar-refractivity contribution is 5.76. The minimum absolute atomic E-state index is 0.0212. The average molecular weight is 1280 g/mol. The first-order valence-electron chi connectivity index (χ1n) is 40.0. The molecule has 7 atom stereocenters. The summed E-state index contributed by atoms with van der Waals surface area (Å²) in [4.78, 5) is 25.1. The minimum atomic E-state index is -1.57. The number of unbranched alkanes of at least 4 members (excludes halogenated alkanes) is 58. The van der Waals surface area contributed by atoms with Crippen molar-refractivity contribution in [3.8, 4) is 0 Å². The van der Waals surface area contributed by atoms with Gasteiger partial charge < -0.3 is 45.1 Å². The number of ether oxygens (including phenoxy) is 3. The van der Waals surface area contributed by atoms with E-state index < -0.39 is 49.5 Å². The summed E-state index contributed by atoms with van der Waals surface area (Å²) in [7, 11) is 0. The van der Waals surface area contributed by atoms with Crippen LogP contribution in [0.4, 0.5) is 0 Å². The molecule has 0 aliphatic carbocycles. The Kier molecular flexibility index (Phi) is 66.0. The summed E-state index contributed by atoms with van der Waals surface area (Å²) in [5, 5.41) is 54.4. The van der Waals surface area contributed by atoms with Crippen molar-refractivity contribution in [2.45, 2.75) is 461 Å². The van der Waals surface area contributed by atoms with Gasteiger partial charge in [0, 0.05) is 12.8 Å². The van der Waals surface area contributed by atoms with Crippen molar-refractivity contribution in [2.75, 3.05) is 19.8 Å². The maximum atomic E-state index is 13.0. The number of hydrogen-bond donors (Lipinski definition) is 6. The molecule has 1 amide bonds. The molecule has 90 heavy (non-hydrogen) atoms. The highest BCUT2D eigenvalue weighted by Gasteiger charge is 2.44. The van der Waals surface area contributed by atoms with Crippen LogP contribution >= 0.6 is 0 Å². The third-order valence-corrected chi connectivity index (χ3v) is 19.4. The fraction of sp³-hybridized carbons (Fsp3) is 0.949. The summed E-state index contributed by atoms with van der Waals surface area (Å²) >= 11 is 0. The molecule has 0 saturated carbocycles. The van der Waals surface area contributed by atoms with Crippen LogP contribution < -0.4 is 5.32 Å². The largest absolute Gasteiger partial charge is 0.466 e. The first-order valence-corrected chi connectivity index (χ1v) is 40.0. The number of carbonyl (C=O) groups excluding carboxylic acids is 2. The molecule has 0 bridgehead atoms. The number of carbonyl (C=O) groups is 2. The van der Waals surface area contributed by atoms with E-state index in [1.54, 1.807) is 6.08 Å². The van der Waals surface area contributed by atoms with Gasteiger partial charge in [-0.05, 0) is 32.1 Å². The molecule has 11 heteroatoms. The maximum absolute atomic E-state index is 13.0. The number of rotatable bonds is 72. The Morgan fingerprint density at radius 3 is 1.03 bits per heavy atom. The van der Waals surface area contributed by atoms with Crippen LogP contribution in [0.2, 0.25) is 0 Å². The fourth-order valence-corrected chi connectivity index (χ4v) is 13.1. The van der Waals surface area contributed by atoms with Gasteiger partial charge in [0.25, 0.3) is 0 Å². The molecule has 0 radical (unpaired) electrons. The molecule has 1 heterocycles. The van der Waals surface area contributed by atoms with E-state index in [0.29, 0.717) is 19.4 Å². The molecule has 6 N–H and O–H groups in total. The highest BCUT2D eigenvalue weighted by Crippen LogP contribution is 2.24. The molecule has 1 rings (SSSR count). The van der Waals surface area contributed by atoms with Crippen molar-refractivity contribution in [3.63, 3.8) is 0 Å². The van der Waals surface area contributed by atoms with Crippen LogP contribution in [0, 0.1) is 0 Å². The topological polar surface area (TPSA) is 175 Å². The first-order chi connectivity index (χ1) is 44.2. The summed E-state index contributed by atoms with van der Waals surface area (Å²) < 4.78 is 16.8. The lowest BCUT2D eigenvalue weighted by Gasteiger charge is -2.40. The van der Waals surface area contributed by atoms with Crippen LogP contribution in [0.3, 0.4) is 0 Å².